The molecule has 0 unspecified atom stereocenters. The highest BCUT2D eigenvalue weighted by Crippen LogP contribution is 2.29. The van der Waals surface area contributed by atoms with E-state index in [1.54, 1.807) is 0 Å². The number of nitrogens with zero attached hydrogens (tertiary/aromatic N) is 3. The van der Waals surface area contributed by atoms with Crippen molar-refractivity contribution in [3.05, 3.63) is 27.4 Å². The van der Waals surface area contributed by atoms with Crippen LogP contribution >= 0.6 is 22.7 Å². The summed E-state index contributed by atoms with van der Waals surface area (Å²) in [5, 5.41) is 14.7. The molecule has 2 aromatic rings. The number of carbonyl (C=O) groups excluding carboxylic acids is 2. The summed E-state index contributed by atoms with van der Waals surface area (Å²) < 4.78 is 0. The Kier molecular flexibility index (Phi) is 6.37. The van der Waals surface area contributed by atoms with Gasteiger partial charge in [0.05, 0.1) is 4.88 Å². The third-order valence-corrected chi connectivity index (χ3v) is 6.75. The smallest absolute Gasteiger partial charge is 0.263 e. The molecule has 0 saturated carbocycles. The summed E-state index contributed by atoms with van der Waals surface area (Å²) >= 11 is 2.93. The molecular formula is C18H24N4O2S2. The van der Waals surface area contributed by atoms with E-state index in [1.807, 2.05) is 22.4 Å². The van der Waals surface area contributed by atoms with Crippen molar-refractivity contribution in [3.8, 4) is 0 Å². The zero-order valence-corrected chi connectivity index (χ0v) is 16.7. The summed E-state index contributed by atoms with van der Waals surface area (Å²) in [5.41, 5.74) is 0. The Hall–Kier alpha value is -1.80. The Morgan fingerprint density at radius 2 is 2.00 bits per heavy atom. The Morgan fingerprint density at radius 1 is 1.27 bits per heavy atom. The van der Waals surface area contributed by atoms with Gasteiger partial charge >= 0.3 is 0 Å². The zero-order valence-electron chi connectivity index (χ0n) is 15.1. The minimum atomic E-state index is -0.0807. The highest BCUT2D eigenvalue weighted by molar-refractivity contribution is 7.15. The van der Waals surface area contributed by atoms with Crippen molar-refractivity contribution in [2.45, 2.75) is 45.4 Å². The molecular weight excluding hydrogens is 368 g/mol. The predicted molar refractivity (Wildman–Crippen MR) is 105 cm³/mol. The summed E-state index contributed by atoms with van der Waals surface area (Å²) in [4.78, 5) is 27.5. The predicted octanol–water partition coefficient (Wildman–Crippen LogP) is 3.99. The first-order valence-corrected chi connectivity index (χ1v) is 10.8. The van der Waals surface area contributed by atoms with Gasteiger partial charge in [-0.3, -0.25) is 9.59 Å². The zero-order chi connectivity index (χ0) is 18.5. The molecule has 0 aromatic carbocycles. The first-order chi connectivity index (χ1) is 12.6. The van der Waals surface area contributed by atoms with Crippen LogP contribution in [0.5, 0.6) is 0 Å². The number of hydrogen-bond acceptors (Lipinski definition) is 6. The van der Waals surface area contributed by atoms with Crippen molar-refractivity contribution in [2.24, 2.45) is 5.92 Å². The van der Waals surface area contributed by atoms with Gasteiger partial charge in [-0.2, -0.15) is 0 Å². The van der Waals surface area contributed by atoms with Gasteiger partial charge in [-0.05, 0) is 37.1 Å². The van der Waals surface area contributed by atoms with Crippen molar-refractivity contribution in [1.29, 1.82) is 0 Å². The third kappa shape index (κ3) is 4.29. The van der Waals surface area contributed by atoms with Crippen LogP contribution in [-0.4, -0.2) is 40.0 Å². The number of likely N-dealkylation sites (tertiary alicyclic amines) is 1. The normalized spacial score (nSPS) is 15.4. The topological polar surface area (TPSA) is 75.2 Å². The van der Waals surface area contributed by atoms with Crippen molar-refractivity contribution in [3.63, 3.8) is 0 Å². The first kappa shape index (κ1) is 19.0. The molecule has 2 amide bonds. The number of hydrogen-bond donors (Lipinski definition) is 1. The van der Waals surface area contributed by atoms with Crippen LogP contribution in [0.4, 0.5) is 5.13 Å². The molecule has 0 radical (unpaired) electrons. The number of thiophene rings is 1. The number of piperidine rings is 1. The van der Waals surface area contributed by atoms with Gasteiger partial charge in [-0.15, -0.1) is 21.5 Å². The lowest BCUT2D eigenvalue weighted by atomic mass is 9.96. The van der Waals surface area contributed by atoms with Crippen LogP contribution in [-0.2, 0) is 4.79 Å². The van der Waals surface area contributed by atoms with Gasteiger partial charge in [0, 0.05) is 24.9 Å². The molecule has 26 heavy (non-hydrogen) atoms. The van der Waals surface area contributed by atoms with E-state index in [-0.39, 0.29) is 17.7 Å². The molecule has 1 aliphatic rings. The van der Waals surface area contributed by atoms with Gasteiger partial charge in [0.25, 0.3) is 5.91 Å². The molecule has 1 saturated heterocycles. The molecule has 0 aliphatic carbocycles. The minimum absolute atomic E-state index is 0.0135. The molecule has 3 heterocycles. The minimum Gasteiger partial charge on any atom is -0.338 e. The molecule has 1 fully saturated rings. The van der Waals surface area contributed by atoms with Crippen LogP contribution < -0.4 is 5.32 Å². The van der Waals surface area contributed by atoms with Gasteiger partial charge in [-0.25, -0.2) is 0 Å². The van der Waals surface area contributed by atoms with Gasteiger partial charge < -0.3 is 10.2 Å². The number of nitrogens with one attached hydrogen (secondary N) is 1. The average molecular weight is 393 g/mol. The molecule has 3 rings (SSSR count). The van der Waals surface area contributed by atoms with E-state index in [1.165, 1.54) is 22.7 Å². The number of anilines is 1. The Bertz CT molecular complexity index is 732. The Labute approximate surface area is 161 Å². The summed E-state index contributed by atoms with van der Waals surface area (Å²) in [6, 6.07) is 3.73. The maximum atomic E-state index is 12.5. The lowest BCUT2D eigenvalue weighted by molar-refractivity contribution is -0.121. The quantitative estimate of drug-likeness (QED) is 0.806. The molecule has 0 atom stereocenters. The van der Waals surface area contributed by atoms with E-state index in [0.717, 1.165) is 22.7 Å². The summed E-state index contributed by atoms with van der Waals surface area (Å²) in [6.45, 7) is 5.51. The molecule has 140 valence electrons. The van der Waals surface area contributed by atoms with E-state index in [0.29, 0.717) is 37.0 Å². The fourth-order valence-electron chi connectivity index (χ4n) is 3.20. The van der Waals surface area contributed by atoms with Crippen molar-refractivity contribution in [2.75, 3.05) is 18.4 Å². The fourth-order valence-corrected chi connectivity index (χ4v) is 4.90. The standard InChI is InChI=1S/C18H24N4O2S2/c1-3-12(4-2)16-20-21-18(26-16)19-15(23)13-7-9-22(10-8-13)17(24)14-6-5-11-25-14/h5-6,11-13H,3-4,7-10H2,1-2H3,(H,19,21,23). The van der Waals surface area contributed by atoms with E-state index >= 15 is 0 Å². The summed E-state index contributed by atoms with van der Waals surface area (Å²) in [7, 11) is 0. The van der Waals surface area contributed by atoms with Gasteiger partial charge in [0.15, 0.2) is 0 Å². The Morgan fingerprint density at radius 3 is 2.62 bits per heavy atom. The van der Waals surface area contributed by atoms with Crippen molar-refractivity contribution >= 4 is 39.6 Å². The lowest BCUT2D eigenvalue weighted by Crippen LogP contribution is -2.41. The van der Waals surface area contributed by atoms with Gasteiger partial charge in [-0.1, -0.05) is 31.3 Å². The second kappa shape index (κ2) is 8.73. The van der Waals surface area contributed by atoms with E-state index in [9.17, 15) is 9.59 Å². The monoisotopic (exact) mass is 392 g/mol. The van der Waals surface area contributed by atoms with E-state index < -0.39 is 0 Å². The number of amides is 2. The second-order valence-electron chi connectivity index (χ2n) is 6.49. The van der Waals surface area contributed by atoms with Crippen LogP contribution in [0, 0.1) is 5.92 Å². The van der Waals surface area contributed by atoms with Crippen molar-refractivity contribution < 1.29 is 9.59 Å². The number of aromatic nitrogens is 2. The van der Waals surface area contributed by atoms with E-state index in [2.05, 4.69) is 29.4 Å². The van der Waals surface area contributed by atoms with Crippen molar-refractivity contribution in [1.82, 2.24) is 15.1 Å². The molecule has 8 heteroatoms. The van der Waals surface area contributed by atoms with E-state index in [4.69, 9.17) is 0 Å². The molecule has 1 aliphatic heterocycles. The van der Waals surface area contributed by atoms with Crippen LogP contribution in [0.15, 0.2) is 17.5 Å². The maximum absolute atomic E-state index is 12.5. The highest BCUT2D eigenvalue weighted by Gasteiger charge is 2.28. The van der Waals surface area contributed by atoms with Gasteiger partial charge in [0.2, 0.25) is 11.0 Å². The molecule has 1 N–H and O–H groups in total. The van der Waals surface area contributed by atoms with Crippen LogP contribution in [0.1, 0.15) is 60.1 Å². The van der Waals surface area contributed by atoms with Crippen LogP contribution in [0.3, 0.4) is 0 Å². The molecule has 2 aromatic heterocycles. The first-order valence-electron chi connectivity index (χ1n) is 9.09. The second-order valence-corrected chi connectivity index (χ2v) is 8.45. The van der Waals surface area contributed by atoms with Crippen LogP contribution in [0.2, 0.25) is 0 Å². The van der Waals surface area contributed by atoms with Gasteiger partial charge in [0.1, 0.15) is 5.01 Å². The maximum Gasteiger partial charge on any atom is 0.263 e. The largest absolute Gasteiger partial charge is 0.338 e. The lowest BCUT2D eigenvalue weighted by Gasteiger charge is -2.30. The molecule has 0 spiro atoms. The Balaban J connectivity index is 1.52. The highest BCUT2D eigenvalue weighted by atomic mass is 32.1. The third-order valence-electron chi connectivity index (χ3n) is 4.89. The molecule has 0 bridgehead atoms. The number of rotatable bonds is 6. The fraction of sp³-hybridized carbons (Fsp3) is 0.556. The summed E-state index contributed by atoms with van der Waals surface area (Å²) in [5.74, 6) is 0.380. The average Bonchev–Trinajstić information content (AvgIpc) is 3.35. The molecule has 6 nitrogen and oxygen atoms in total. The summed E-state index contributed by atoms with van der Waals surface area (Å²) in [6.07, 6.45) is 3.41. The number of carbonyl (C=O) groups is 2. The SMILES string of the molecule is CCC(CC)c1nnc(NC(=O)C2CCN(C(=O)c3cccs3)CC2)s1. The van der Waals surface area contributed by atoms with Crippen LogP contribution in [0.25, 0.3) is 0 Å².